The lowest BCUT2D eigenvalue weighted by Crippen LogP contribution is -3.00. The molecule has 3 rings (SSSR count). The van der Waals surface area contributed by atoms with Crippen LogP contribution in [0.25, 0.3) is 0 Å². The number of ether oxygens (including phenoxy) is 2. The molecule has 0 unspecified atom stereocenters. The van der Waals surface area contributed by atoms with Crippen molar-refractivity contribution in [3.63, 3.8) is 0 Å². The third kappa shape index (κ3) is 3.64. The van der Waals surface area contributed by atoms with Crippen molar-refractivity contribution >= 4 is 0 Å². The lowest BCUT2D eigenvalue weighted by atomic mass is 10.0. The Hall–Kier alpha value is -1.49. The first-order chi connectivity index (χ1) is 10.2. The number of aromatic nitrogens is 1. The summed E-state index contributed by atoms with van der Waals surface area (Å²) in [6.45, 7) is 3.97. The van der Waals surface area contributed by atoms with E-state index in [0.29, 0.717) is 19.6 Å². The summed E-state index contributed by atoms with van der Waals surface area (Å²) in [7, 11) is 0. The van der Waals surface area contributed by atoms with Crippen molar-refractivity contribution in [2.75, 3.05) is 13.2 Å². The average Bonchev–Trinajstić information content (AvgIpc) is 2.97. The summed E-state index contributed by atoms with van der Waals surface area (Å²) in [5, 5.41) is 0. The Bertz CT molecular complexity index is 595. The standard InChI is InChI=1S/C17H19FNO2.ClH/c1-14-6-9-19(10-7-14)11-8-17(20-12-13-21-17)15-2-4-16(18)5-3-15;/h2-7,9-10H,8,11-13H2,1H3;1H/q+1;/p-1. The lowest BCUT2D eigenvalue weighted by molar-refractivity contribution is -0.700. The van der Waals surface area contributed by atoms with E-state index in [1.807, 2.05) is 12.4 Å². The molecule has 1 aliphatic rings. The van der Waals surface area contributed by atoms with Crippen molar-refractivity contribution in [1.29, 1.82) is 0 Å². The lowest BCUT2D eigenvalue weighted by Gasteiger charge is -2.26. The Morgan fingerprint density at radius 1 is 1.05 bits per heavy atom. The number of pyridine rings is 1. The fourth-order valence-corrected chi connectivity index (χ4v) is 2.57. The Balaban J connectivity index is 0.00000176. The molecule has 0 radical (unpaired) electrons. The zero-order valence-corrected chi connectivity index (χ0v) is 13.2. The van der Waals surface area contributed by atoms with Crippen LogP contribution in [0.2, 0.25) is 0 Å². The van der Waals surface area contributed by atoms with Crippen LogP contribution >= 0.6 is 0 Å². The Kier molecular flexibility index (Phi) is 5.51. The van der Waals surface area contributed by atoms with Crippen LogP contribution in [0.3, 0.4) is 0 Å². The number of nitrogens with zero attached hydrogens (tertiary/aromatic N) is 1. The first kappa shape index (κ1) is 16.9. The van der Waals surface area contributed by atoms with Crippen LogP contribution in [0.5, 0.6) is 0 Å². The van der Waals surface area contributed by atoms with Gasteiger partial charge in [-0.3, -0.25) is 0 Å². The van der Waals surface area contributed by atoms with E-state index in [1.54, 1.807) is 12.1 Å². The quantitative estimate of drug-likeness (QED) is 0.722. The molecule has 1 aromatic heterocycles. The van der Waals surface area contributed by atoms with E-state index >= 15 is 0 Å². The van der Waals surface area contributed by atoms with Gasteiger partial charge in [-0.05, 0) is 24.6 Å². The van der Waals surface area contributed by atoms with Crippen LogP contribution in [0, 0.1) is 12.7 Å². The number of hydrogen-bond donors (Lipinski definition) is 0. The van der Waals surface area contributed by atoms with E-state index < -0.39 is 5.79 Å². The minimum absolute atomic E-state index is 0. The molecule has 3 nitrogen and oxygen atoms in total. The van der Waals surface area contributed by atoms with Gasteiger partial charge in [0.1, 0.15) is 5.82 Å². The topological polar surface area (TPSA) is 22.3 Å². The minimum Gasteiger partial charge on any atom is -1.00 e. The Labute approximate surface area is 136 Å². The molecule has 1 fully saturated rings. The summed E-state index contributed by atoms with van der Waals surface area (Å²) in [5.41, 5.74) is 2.10. The number of benzene rings is 1. The summed E-state index contributed by atoms with van der Waals surface area (Å²) >= 11 is 0. The second-order valence-corrected chi connectivity index (χ2v) is 5.32. The molecule has 2 heterocycles. The number of rotatable bonds is 4. The number of halogens is 2. The SMILES string of the molecule is Cc1cc[n+](CCC2(c3ccc(F)cc3)OCCO2)cc1.[Cl-]. The van der Waals surface area contributed by atoms with E-state index in [9.17, 15) is 4.39 Å². The van der Waals surface area contributed by atoms with Gasteiger partial charge in [0, 0.05) is 17.7 Å². The van der Waals surface area contributed by atoms with Gasteiger partial charge < -0.3 is 21.9 Å². The monoisotopic (exact) mass is 323 g/mol. The molecule has 0 aliphatic carbocycles. The molecule has 5 heteroatoms. The molecule has 22 heavy (non-hydrogen) atoms. The zero-order valence-electron chi connectivity index (χ0n) is 12.5. The molecule has 1 aliphatic heterocycles. The van der Waals surface area contributed by atoms with Crippen LogP contribution in [0.1, 0.15) is 17.5 Å². The highest BCUT2D eigenvalue weighted by Crippen LogP contribution is 2.34. The van der Waals surface area contributed by atoms with Gasteiger partial charge in [-0.1, -0.05) is 12.1 Å². The Morgan fingerprint density at radius 2 is 1.64 bits per heavy atom. The van der Waals surface area contributed by atoms with Crippen LogP contribution < -0.4 is 17.0 Å². The molecule has 118 valence electrons. The smallest absolute Gasteiger partial charge is 0.201 e. The largest absolute Gasteiger partial charge is 1.00 e. The van der Waals surface area contributed by atoms with E-state index in [1.165, 1.54) is 17.7 Å². The van der Waals surface area contributed by atoms with E-state index in [4.69, 9.17) is 9.47 Å². The highest BCUT2D eigenvalue weighted by molar-refractivity contribution is 5.21. The van der Waals surface area contributed by atoms with Crippen LogP contribution in [-0.4, -0.2) is 13.2 Å². The second-order valence-electron chi connectivity index (χ2n) is 5.32. The first-order valence-corrected chi connectivity index (χ1v) is 7.18. The number of aryl methyl sites for hydroxylation is 2. The first-order valence-electron chi connectivity index (χ1n) is 7.18. The summed E-state index contributed by atoms with van der Waals surface area (Å²) in [6, 6.07) is 10.5. The fraction of sp³-hybridized carbons (Fsp3) is 0.353. The molecule has 0 atom stereocenters. The molecule has 0 spiro atoms. The van der Waals surface area contributed by atoms with Gasteiger partial charge in [0.25, 0.3) is 0 Å². The summed E-state index contributed by atoms with van der Waals surface area (Å²) in [5.74, 6) is -1.01. The van der Waals surface area contributed by atoms with Crippen molar-refractivity contribution in [3.05, 3.63) is 65.7 Å². The zero-order chi connectivity index (χ0) is 14.7. The van der Waals surface area contributed by atoms with Gasteiger partial charge in [-0.2, -0.15) is 0 Å². The van der Waals surface area contributed by atoms with Crippen LogP contribution in [-0.2, 0) is 21.8 Å². The highest BCUT2D eigenvalue weighted by atomic mass is 35.5. The van der Waals surface area contributed by atoms with Crippen molar-refractivity contribution in [1.82, 2.24) is 0 Å². The van der Waals surface area contributed by atoms with Gasteiger partial charge in [0.15, 0.2) is 18.9 Å². The van der Waals surface area contributed by atoms with E-state index in [2.05, 4.69) is 23.6 Å². The van der Waals surface area contributed by atoms with Crippen LogP contribution in [0.15, 0.2) is 48.8 Å². The Morgan fingerprint density at radius 3 is 2.23 bits per heavy atom. The molecule has 0 N–H and O–H groups in total. The van der Waals surface area contributed by atoms with E-state index in [0.717, 1.165) is 12.1 Å². The van der Waals surface area contributed by atoms with Crippen molar-refractivity contribution in [2.24, 2.45) is 0 Å². The van der Waals surface area contributed by atoms with Gasteiger partial charge in [-0.25, -0.2) is 8.96 Å². The molecular weight excluding hydrogens is 305 g/mol. The average molecular weight is 324 g/mol. The molecule has 1 aromatic carbocycles. The van der Waals surface area contributed by atoms with Crippen molar-refractivity contribution in [2.45, 2.75) is 25.7 Å². The van der Waals surface area contributed by atoms with Gasteiger partial charge in [0.05, 0.1) is 19.6 Å². The van der Waals surface area contributed by atoms with Gasteiger partial charge in [0.2, 0.25) is 5.79 Å². The third-order valence-corrected chi connectivity index (χ3v) is 3.79. The summed E-state index contributed by atoms with van der Waals surface area (Å²) in [4.78, 5) is 0. The van der Waals surface area contributed by atoms with Crippen molar-refractivity contribution in [3.8, 4) is 0 Å². The minimum atomic E-state index is -0.758. The second kappa shape index (κ2) is 7.18. The molecule has 0 amide bonds. The molecule has 0 saturated carbocycles. The van der Waals surface area contributed by atoms with Crippen LogP contribution in [0.4, 0.5) is 4.39 Å². The molecule has 1 saturated heterocycles. The van der Waals surface area contributed by atoms with E-state index in [-0.39, 0.29) is 18.2 Å². The maximum atomic E-state index is 13.1. The normalized spacial score (nSPS) is 16.3. The predicted octanol–water partition coefficient (Wildman–Crippen LogP) is -0.284. The van der Waals surface area contributed by atoms with Crippen molar-refractivity contribution < 1.29 is 30.8 Å². The summed E-state index contributed by atoms with van der Waals surface area (Å²) < 4.78 is 26.9. The molecular formula is C17H19ClFNO2. The highest BCUT2D eigenvalue weighted by Gasteiger charge is 2.39. The fourth-order valence-electron chi connectivity index (χ4n) is 2.57. The molecule has 2 aromatic rings. The molecule has 0 bridgehead atoms. The number of hydrogen-bond acceptors (Lipinski definition) is 2. The van der Waals surface area contributed by atoms with Gasteiger partial charge in [-0.15, -0.1) is 0 Å². The van der Waals surface area contributed by atoms with Gasteiger partial charge >= 0.3 is 0 Å². The predicted molar refractivity (Wildman–Crippen MR) is 76.0 cm³/mol. The summed E-state index contributed by atoms with van der Waals surface area (Å²) in [6.07, 6.45) is 4.78. The maximum absolute atomic E-state index is 13.1. The third-order valence-electron chi connectivity index (χ3n) is 3.79. The maximum Gasteiger partial charge on any atom is 0.201 e.